The van der Waals surface area contributed by atoms with Crippen LogP contribution in [0.25, 0.3) is 0 Å². The topological polar surface area (TPSA) is 68.2 Å². The summed E-state index contributed by atoms with van der Waals surface area (Å²) in [4.78, 5) is 6.25. The fourth-order valence-corrected chi connectivity index (χ4v) is 1.83. The Morgan fingerprint density at radius 3 is 2.47 bits per heavy atom. The molecule has 104 valence electrons. The molecule has 0 aliphatic rings. The van der Waals surface area contributed by atoms with Gasteiger partial charge in [0, 0.05) is 32.5 Å². The monoisotopic (exact) mass is 264 g/mol. The molecule has 2 aromatic heterocycles. The predicted molar refractivity (Wildman–Crippen MR) is 71.3 cm³/mol. The third-order valence-electron chi connectivity index (χ3n) is 3.02. The number of hydrogen-bond donors (Lipinski definition) is 0. The second-order valence-corrected chi connectivity index (χ2v) is 5.20. The first-order chi connectivity index (χ1) is 8.97. The van der Waals surface area contributed by atoms with Crippen LogP contribution in [-0.4, -0.2) is 28.9 Å². The fraction of sp³-hybridized carbons (Fsp3) is 0.615. The highest BCUT2D eigenvalue weighted by molar-refractivity contribution is 5.36. The van der Waals surface area contributed by atoms with Gasteiger partial charge in [0.2, 0.25) is 11.8 Å². The molecule has 0 radical (unpaired) electrons. The lowest BCUT2D eigenvalue weighted by Gasteiger charge is -2.17. The summed E-state index contributed by atoms with van der Waals surface area (Å²) >= 11 is 0. The van der Waals surface area contributed by atoms with Crippen LogP contribution in [0.15, 0.2) is 15.1 Å². The molecule has 0 saturated carbocycles. The van der Waals surface area contributed by atoms with Gasteiger partial charge in [-0.15, -0.1) is 0 Å². The second kappa shape index (κ2) is 5.42. The first-order valence-corrected chi connectivity index (χ1v) is 6.45. The lowest BCUT2D eigenvalue weighted by Crippen LogP contribution is -2.23. The summed E-state index contributed by atoms with van der Waals surface area (Å²) in [5, 5.41) is 7.99. The Morgan fingerprint density at radius 1 is 1.21 bits per heavy atom. The minimum atomic E-state index is 0.162. The normalized spacial score (nSPS) is 12.9. The molecule has 0 fully saturated rings. The van der Waals surface area contributed by atoms with Crippen molar-refractivity contribution in [3.05, 3.63) is 23.5 Å². The highest BCUT2D eigenvalue weighted by atomic mass is 16.5. The molecule has 0 saturated heterocycles. The average Bonchev–Trinajstić information content (AvgIpc) is 2.96. The molecule has 0 spiro atoms. The maximum absolute atomic E-state index is 5.34. The number of anilines is 1. The number of rotatable bonds is 5. The molecule has 19 heavy (non-hydrogen) atoms. The highest BCUT2D eigenvalue weighted by Crippen LogP contribution is 2.22. The molecule has 0 amide bonds. The summed E-state index contributed by atoms with van der Waals surface area (Å²) in [5.41, 5.74) is 0.963. The lowest BCUT2D eigenvalue weighted by molar-refractivity contribution is 0.382. The van der Waals surface area contributed by atoms with Gasteiger partial charge in [-0.25, -0.2) is 0 Å². The molecule has 0 N–H and O–H groups in total. The molecule has 6 heteroatoms. The van der Waals surface area contributed by atoms with Crippen molar-refractivity contribution in [1.29, 1.82) is 0 Å². The van der Waals surface area contributed by atoms with E-state index in [1.165, 1.54) is 0 Å². The van der Waals surface area contributed by atoms with E-state index in [-0.39, 0.29) is 5.92 Å². The molecule has 0 aliphatic carbocycles. The van der Waals surface area contributed by atoms with Gasteiger partial charge in [-0.2, -0.15) is 4.98 Å². The molecule has 6 nitrogen and oxygen atoms in total. The summed E-state index contributed by atoms with van der Waals surface area (Å²) < 4.78 is 10.3. The first-order valence-electron chi connectivity index (χ1n) is 6.45. The van der Waals surface area contributed by atoms with Gasteiger partial charge in [0.15, 0.2) is 5.82 Å². The number of likely N-dealkylation sites (N-methyl/N-ethyl adjacent to an activating group) is 1. The van der Waals surface area contributed by atoms with Crippen molar-refractivity contribution >= 4 is 5.88 Å². The SMILES string of the molecule is Cc1nc(C(C)CN(C)c2cc(C(C)C)no2)no1. The van der Waals surface area contributed by atoms with Gasteiger partial charge in [0.1, 0.15) is 0 Å². The number of aryl methyl sites for hydroxylation is 1. The van der Waals surface area contributed by atoms with Crippen molar-refractivity contribution in [3.8, 4) is 0 Å². The molecular formula is C13H20N4O2. The van der Waals surface area contributed by atoms with Crippen LogP contribution < -0.4 is 4.90 Å². The van der Waals surface area contributed by atoms with Gasteiger partial charge in [-0.05, 0) is 5.92 Å². The van der Waals surface area contributed by atoms with Crippen molar-refractivity contribution in [1.82, 2.24) is 15.3 Å². The molecule has 2 aromatic rings. The third-order valence-corrected chi connectivity index (χ3v) is 3.02. The summed E-state index contributed by atoms with van der Waals surface area (Å²) in [5.74, 6) is 2.59. The Bertz CT molecular complexity index is 532. The number of hydrogen-bond acceptors (Lipinski definition) is 6. The Kier molecular flexibility index (Phi) is 3.87. The minimum absolute atomic E-state index is 0.162. The van der Waals surface area contributed by atoms with Gasteiger partial charge in [-0.3, -0.25) is 0 Å². The zero-order valence-corrected chi connectivity index (χ0v) is 12.0. The number of nitrogens with zero attached hydrogens (tertiary/aromatic N) is 4. The zero-order chi connectivity index (χ0) is 14.0. The maximum Gasteiger partial charge on any atom is 0.227 e. The second-order valence-electron chi connectivity index (χ2n) is 5.20. The molecule has 0 aliphatic heterocycles. The zero-order valence-electron chi connectivity index (χ0n) is 12.0. The van der Waals surface area contributed by atoms with Crippen LogP contribution in [0.2, 0.25) is 0 Å². The molecule has 2 heterocycles. The average molecular weight is 264 g/mol. The van der Waals surface area contributed by atoms with Crippen molar-refractivity contribution < 1.29 is 9.05 Å². The van der Waals surface area contributed by atoms with Crippen LogP contribution in [0.4, 0.5) is 5.88 Å². The molecule has 2 rings (SSSR count). The number of aromatic nitrogens is 3. The van der Waals surface area contributed by atoms with Gasteiger partial charge in [0.25, 0.3) is 0 Å². The molecule has 0 bridgehead atoms. The van der Waals surface area contributed by atoms with E-state index < -0.39 is 0 Å². The van der Waals surface area contributed by atoms with Crippen LogP contribution in [0, 0.1) is 6.92 Å². The molecule has 1 unspecified atom stereocenters. The third kappa shape index (κ3) is 3.13. The van der Waals surface area contributed by atoms with Crippen molar-refractivity contribution in [2.45, 2.75) is 39.5 Å². The maximum atomic E-state index is 5.34. The predicted octanol–water partition coefficient (Wildman–Crippen LogP) is 2.73. The van der Waals surface area contributed by atoms with E-state index in [0.717, 1.165) is 18.1 Å². The summed E-state index contributed by atoms with van der Waals surface area (Å²) in [6.45, 7) is 8.77. The summed E-state index contributed by atoms with van der Waals surface area (Å²) in [7, 11) is 1.97. The van der Waals surface area contributed by atoms with E-state index in [4.69, 9.17) is 9.05 Å². The first kappa shape index (κ1) is 13.6. The summed E-state index contributed by atoms with van der Waals surface area (Å²) in [6.07, 6.45) is 0. The van der Waals surface area contributed by atoms with Crippen LogP contribution in [0.1, 0.15) is 50.0 Å². The Balaban J connectivity index is 2.01. The largest absolute Gasteiger partial charge is 0.343 e. The molecule has 0 aromatic carbocycles. The van der Waals surface area contributed by atoms with Crippen molar-refractivity contribution in [2.75, 3.05) is 18.5 Å². The fourth-order valence-electron chi connectivity index (χ4n) is 1.83. The van der Waals surface area contributed by atoms with Gasteiger partial charge in [-0.1, -0.05) is 31.1 Å². The van der Waals surface area contributed by atoms with E-state index in [2.05, 4.69) is 36.1 Å². The van der Waals surface area contributed by atoms with E-state index in [1.54, 1.807) is 6.92 Å². The molecule has 1 atom stereocenters. The Labute approximate surface area is 112 Å². The van der Waals surface area contributed by atoms with Gasteiger partial charge >= 0.3 is 0 Å². The summed E-state index contributed by atoms with van der Waals surface area (Å²) in [6, 6.07) is 1.97. The van der Waals surface area contributed by atoms with Crippen LogP contribution in [0.3, 0.4) is 0 Å². The van der Waals surface area contributed by atoms with Crippen molar-refractivity contribution in [2.24, 2.45) is 0 Å². The van der Waals surface area contributed by atoms with Gasteiger partial charge in [0.05, 0.1) is 5.69 Å². The van der Waals surface area contributed by atoms with Crippen molar-refractivity contribution in [3.63, 3.8) is 0 Å². The quantitative estimate of drug-likeness (QED) is 0.827. The minimum Gasteiger partial charge on any atom is -0.343 e. The van der Waals surface area contributed by atoms with E-state index >= 15 is 0 Å². The van der Waals surface area contributed by atoms with Crippen LogP contribution in [-0.2, 0) is 0 Å². The van der Waals surface area contributed by atoms with Gasteiger partial charge < -0.3 is 13.9 Å². The van der Waals surface area contributed by atoms with E-state index in [1.807, 2.05) is 18.0 Å². The Morgan fingerprint density at radius 2 is 1.95 bits per heavy atom. The standard InChI is InChI=1S/C13H20N4O2/c1-8(2)11-6-12(19-15-11)17(5)7-9(3)13-14-10(4)18-16-13/h6,8-9H,7H2,1-5H3. The van der Waals surface area contributed by atoms with E-state index in [9.17, 15) is 0 Å². The molecular weight excluding hydrogens is 244 g/mol. The highest BCUT2D eigenvalue weighted by Gasteiger charge is 2.17. The van der Waals surface area contributed by atoms with Crippen LogP contribution in [0.5, 0.6) is 0 Å². The Hall–Kier alpha value is -1.85. The smallest absolute Gasteiger partial charge is 0.227 e. The van der Waals surface area contributed by atoms with Crippen LogP contribution >= 0.6 is 0 Å². The van der Waals surface area contributed by atoms with E-state index in [0.29, 0.717) is 17.6 Å². The lowest BCUT2D eigenvalue weighted by atomic mass is 10.1.